The Balaban J connectivity index is 3.38. The van der Waals surface area contributed by atoms with Crippen molar-refractivity contribution in [3.63, 3.8) is 0 Å². The molecule has 0 fully saturated rings. The van der Waals surface area contributed by atoms with E-state index < -0.39 is 15.9 Å². The van der Waals surface area contributed by atoms with Crippen LogP contribution < -0.4 is 16.4 Å². The van der Waals surface area contributed by atoms with Gasteiger partial charge in [0, 0.05) is 5.56 Å². The highest BCUT2D eigenvalue weighted by Crippen LogP contribution is 2.14. The van der Waals surface area contributed by atoms with E-state index in [-0.39, 0.29) is 10.5 Å². The van der Waals surface area contributed by atoms with Crippen LogP contribution in [0.1, 0.15) is 15.9 Å². The Hall–Kier alpha value is -1.44. The molecule has 1 amide bonds. The fourth-order valence-electron chi connectivity index (χ4n) is 1.10. The van der Waals surface area contributed by atoms with Crippen molar-refractivity contribution in [1.29, 1.82) is 0 Å². The summed E-state index contributed by atoms with van der Waals surface area (Å²) >= 11 is 0. The lowest BCUT2D eigenvalue weighted by atomic mass is 10.1. The number of nitrogens with two attached hydrogens (primary N) is 2. The third kappa shape index (κ3) is 2.32. The standard InChI is InChI=1S/C8H11N3O3S/c1-5-2-3-6(15(13,14)11-10)4-7(5)8(9)12/h2-4,11H,10H2,1H3,(H2,9,12). The van der Waals surface area contributed by atoms with Gasteiger partial charge in [0.1, 0.15) is 0 Å². The number of hydrogen-bond acceptors (Lipinski definition) is 4. The summed E-state index contributed by atoms with van der Waals surface area (Å²) < 4.78 is 22.6. The number of rotatable bonds is 3. The summed E-state index contributed by atoms with van der Waals surface area (Å²) in [6.45, 7) is 1.66. The fraction of sp³-hybridized carbons (Fsp3) is 0.125. The highest BCUT2D eigenvalue weighted by atomic mass is 32.2. The van der Waals surface area contributed by atoms with Gasteiger partial charge in [-0.2, -0.15) is 4.83 Å². The number of sulfonamides is 1. The Kier molecular flexibility index (Phi) is 3.08. The quantitative estimate of drug-likeness (QED) is 0.467. The third-order valence-electron chi connectivity index (χ3n) is 1.94. The Morgan fingerprint density at radius 2 is 2.00 bits per heavy atom. The molecule has 1 aromatic carbocycles. The van der Waals surface area contributed by atoms with E-state index in [1.165, 1.54) is 18.2 Å². The smallest absolute Gasteiger partial charge is 0.253 e. The second-order valence-corrected chi connectivity index (χ2v) is 4.68. The average molecular weight is 229 g/mol. The molecule has 0 radical (unpaired) electrons. The molecular formula is C8H11N3O3S. The molecule has 0 atom stereocenters. The monoisotopic (exact) mass is 229 g/mol. The second-order valence-electron chi connectivity index (χ2n) is 2.96. The van der Waals surface area contributed by atoms with Crippen LogP contribution in [0, 0.1) is 6.92 Å². The van der Waals surface area contributed by atoms with Crippen molar-refractivity contribution in [1.82, 2.24) is 4.83 Å². The Bertz CT molecular complexity index is 496. The maximum atomic E-state index is 11.3. The first-order valence-electron chi connectivity index (χ1n) is 4.01. The maximum absolute atomic E-state index is 11.3. The summed E-state index contributed by atoms with van der Waals surface area (Å²) in [5.41, 5.74) is 5.85. The summed E-state index contributed by atoms with van der Waals surface area (Å²) in [6, 6.07) is 4.02. The normalized spacial score (nSPS) is 11.3. The Labute approximate surface area is 87.3 Å². The van der Waals surface area contributed by atoms with Crippen molar-refractivity contribution >= 4 is 15.9 Å². The zero-order valence-electron chi connectivity index (χ0n) is 8.02. The van der Waals surface area contributed by atoms with E-state index >= 15 is 0 Å². The molecule has 0 aliphatic heterocycles. The van der Waals surface area contributed by atoms with Gasteiger partial charge in [0.05, 0.1) is 4.90 Å². The number of aryl methyl sites for hydroxylation is 1. The van der Waals surface area contributed by atoms with E-state index in [4.69, 9.17) is 11.6 Å². The lowest BCUT2D eigenvalue weighted by molar-refractivity contribution is 0.0999. The molecule has 0 unspecified atom stereocenters. The van der Waals surface area contributed by atoms with Crippen molar-refractivity contribution < 1.29 is 13.2 Å². The molecule has 5 N–H and O–H groups in total. The zero-order valence-corrected chi connectivity index (χ0v) is 8.84. The molecular weight excluding hydrogens is 218 g/mol. The molecule has 1 rings (SSSR count). The number of carbonyl (C=O) groups is 1. The van der Waals surface area contributed by atoms with Gasteiger partial charge >= 0.3 is 0 Å². The Morgan fingerprint density at radius 1 is 1.40 bits per heavy atom. The first kappa shape index (κ1) is 11.6. The van der Waals surface area contributed by atoms with Crippen molar-refractivity contribution in [3.05, 3.63) is 29.3 Å². The van der Waals surface area contributed by atoms with E-state index in [2.05, 4.69) is 0 Å². The van der Waals surface area contributed by atoms with Gasteiger partial charge < -0.3 is 5.73 Å². The van der Waals surface area contributed by atoms with Crippen LogP contribution in [0.3, 0.4) is 0 Å². The summed E-state index contributed by atoms with van der Waals surface area (Å²) in [5.74, 6) is 4.17. The van der Waals surface area contributed by atoms with Crippen LogP contribution in [0.25, 0.3) is 0 Å². The maximum Gasteiger partial charge on any atom is 0.253 e. The molecule has 0 spiro atoms. The van der Waals surface area contributed by atoms with Gasteiger partial charge in [-0.1, -0.05) is 6.07 Å². The number of nitrogens with one attached hydrogen (secondary N) is 1. The summed E-state index contributed by atoms with van der Waals surface area (Å²) in [5, 5.41) is 0. The fourth-order valence-corrected chi connectivity index (χ4v) is 1.76. The van der Waals surface area contributed by atoms with Gasteiger partial charge in [-0.25, -0.2) is 8.42 Å². The first-order chi connectivity index (χ1) is 6.88. The molecule has 82 valence electrons. The third-order valence-corrected chi connectivity index (χ3v) is 3.12. The minimum Gasteiger partial charge on any atom is -0.366 e. The average Bonchev–Trinajstić information content (AvgIpc) is 2.17. The molecule has 0 bridgehead atoms. The van der Waals surface area contributed by atoms with Crippen molar-refractivity contribution in [2.24, 2.45) is 11.6 Å². The number of hydrazine groups is 1. The van der Waals surface area contributed by atoms with Gasteiger partial charge in [0.2, 0.25) is 5.91 Å². The number of primary amides is 1. The summed E-state index contributed by atoms with van der Waals surface area (Å²) in [4.78, 5) is 12.5. The number of carbonyl (C=O) groups excluding carboxylic acids is 1. The van der Waals surface area contributed by atoms with E-state index in [1.54, 1.807) is 11.8 Å². The molecule has 0 aliphatic carbocycles. The molecule has 6 nitrogen and oxygen atoms in total. The SMILES string of the molecule is Cc1ccc(S(=O)(=O)NN)cc1C(N)=O. The van der Waals surface area contributed by atoms with Gasteiger partial charge in [-0.05, 0) is 24.6 Å². The van der Waals surface area contributed by atoms with E-state index in [0.29, 0.717) is 5.56 Å². The predicted molar refractivity (Wildman–Crippen MR) is 54.2 cm³/mol. The molecule has 1 aromatic rings. The Morgan fingerprint density at radius 3 is 2.47 bits per heavy atom. The van der Waals surface area contributed by atoms with Crippen LogP contribution in [0.4, 0.5) is 0 Å². The topological polar surface area (TPSA) is 115 Å². The molecule has 0 heterocycles. The summed E-state index contributed by atoms with van der Waals surface area (Å²) in [6.07, 6.45) is 0. The van der Waals surface area contributed by atoms with Crippen LogP contribution in [-0.2, 0) is 10.0 Å². The minimum atomic E-state index is -3.75. The molecule has 0 aliphatic rings. The van der Waals surface area contributed by atoms with Crippen LogP contribution in [0.2, 0.25) is 0 Å². The molecule has 0 saturated heterocycles. The highest BCUT2D eigenvalue weighted by molar-refractivity contribution is 7.89. The molecule has 7 heteroatoms. The number of amides is 1. The van der Waals surface area contributed by atoms with Crippen LogP contribution in [0.5, 0.6) is 0 Å². The van der Waals surface area contributed by atoms with Gasteiger partial charge in [0.25, 0.3) is 10.0 Å². The van der Waals surface area contributed by atoms with Crippen LogP contribution >= 0.6 is 0 Å². The van der Waals surface area contributed by atoms with Crippen LogP contribution in [-0.4, -0.2) is 14.3 Å². The predicted octanol–water partition coefficient (Wildman–Crippen LogP) is -0.754. The first-order valence-corrected chi connectivity index (χ1v) is 5.49. The molecule has 0 aromatic heterocycles. The largest absolute Gasteiger partial charge is 0.366 e. The second kappa shape index (κ2) is 3.97. The highest BCUT2D eigenvalue weighted by Gasteiger charge is 2.14. The van der Waals surface area contributed by atoms with Gasteiger partial charge in [-0.15, -0.1) is 0 Å². The van der Waals surface area contributed by atoms with E-state index in [1.807, 2.05) is 0 Å². The zero-order chi connectivity index (χ0) is 11.6. The van der Waals surface area contributed by atoms with Gasteiger partial charge in [-0.3, -0.25) is 10.6 Å². The molecule has 15 heavy (non-hydrogen) atoms. The van der Waals surface area contributed by atoms with Crippen LogP contribution in [0.15, 0.2) is 23.1 Å². The lowest BCUT2D eigenvalue weighted by Crippen LogP contribution is -2.30. The number of benzene rings is 1. The van der Waals surface area contributed by atoms with Crippen molar-refractivity contribution in [2.75, 3.05) is 0 Å². The molecule has 0 saturated carbocycles. The van der Waals surface area contributed by atoms with Crippen molar-refractivity contribution in [3.8, 4) is 0 Å². The van der Waals surface area contributed by atoms with E-state index in [9.17, 15) is 13.2 Å². The minimum absolute atomic E-state index is 0.0931. The van der Waals surface area contributed by atoms with Gasteiger partial charge in [0.15, 0.2) is 0 Å². The van der Waals surface area contributed by atoms with E-state index in [0.717, 1.165) is 0 Å². The van der Waals surface area contributed by atoms with Crippen molar-refractivity contribution in [2.45, 2.75) is 11.8 Å². The number of hydrogen-bond donors (Lipinski definition) is 3. The lowest BCUT2D eigenvalue weighted by Gasteiger charge is -2.05. The summed E-state index contributed by atoms with van der Waals surface area (Å²) in [7, 11) is -3.75.